The lowest BCUT2D eigenvalue weighted by atomic mass is 10.1. The summed E-state index contributed by atoms with van der Waals surface area (Å²) in [4.78, 5) is 14.5. The fourth-order valence-electron chi connectivity index (χ4n) is 2.98. The highest BCUT2D eigenvalue weighted by atomic mass is 16.5. The first-order chi connectivity index (χ1) is 12.2. The first kappa shape index (κ1) is 19.3. The molecule has 5 heteroatoms. The van der Waals surface area contributed by atoms with E-state index in [1.54, 1.807) is 26.4 Å². The second-order valence-electron chi connectivity index (χ2n) is 6.21. The molecular formula is C20H29NO4. The van der Waals surface area contributed by atoms with E-state index in [9.17, 15) is 4.79 Å². The van der Waals surface area contributed by atoms with E-state index in [1.165, 1.54) is 6.42 Å². The normalized spacial score (nSPS) is 17.5. The Balaban J connectivity index is 2.04. The molecule has 0 aliphatic carbocycles. The van der Waals surface area contributed by atoms with Gasteiger partial charge in [0.2, 0.25) is 5.91 Å². The Bertz CT molecular complexity index is 579. The second kappa shape index (κ2) is 10.1. The molecule has 0 radical (unpaired) electrons. The van der Waals surface area contributed by atoms with Gasteiger partial charge in [-0.3, -0.25) is 4.79 Å². The van der Waals surface area contributed by atoms with Gasteiger partial charge in [-0.25, -0.2) is 0 Å². The van der Waals surface area contributed by atoms with Gasteiger partial charge in [-0.1, -0.05) is 6.92 Å². The topological polar surface area (TPSA) is 48.0 Å². The van der Waals surface area contributed by atoms with E-state index in [0.717, 1.165) is 43.7 Å². The summed E-state index contributed by atoms with van der Waals surface area (Å²) in [7, 11) is 3.22. The van der Waals surface area contributed by atoms with Gasteiger partial charge in [0.1, 0.15) is 11.5 Å². The van der Waals surface area contributed by atoms with Gasteiger partial charge >= 0.3 is 0 Å². The fourth-order valence-corrected chi connectivity index (χ4v) is 2.98. The standard InChI is InChI=1S/C20H29NO4/c1-4-12-21(15-18-7-5-6-13-25-18)20(22)11-9-16-8-10-17(23-2)14-19(16)24-3/h8-11,14,18H,4-7,12-13,15H2,1-3H3/b11-9+. The summed E-state index contributed by atoms with van der Waals surface area (Å²) in [5, 5.41) is 0. The molecule has 0 saturated carbocycles. The van der Waals surface area contributed by atoms with Crippen LogP contribution in [-0.4, -0.2) is 50.8 Å². The summed E-state index contributed by atoms with van der Waals surface area (Å²) in [6, 6.07) is 5.55. The molecule has 1 aliphatic heterocycles. The van der Waals surface area contributed by atoms with Gasteiger partial charge in [-0.05, 0) is 43.9 Å². The zero-order chi connectivity index (χ0) is 18.1. The van der Waals surface area contributed by atoms with Gasteiger partial charge in [0.05, 0.1) is 20.3 Å². The molecule has 0 bridgehead atoms. The molecule has 1 saturated heterocycles. The molecule has 1 heterocycles. The van der Waals surface area contributed by atoms with Gasteiger partial charge in [0.25, 0.3) is 0 Å². The molecule has 1 aromatic rings. The Morgan fingerprint density at radius 1 is 1.32 bits per heavy atom. The Hall–Kier alpha value is -2.01. The molecule has 1 amide bonds. The lowest BCUT2D eigenvalue weighted by Gasteiger charge is -2.29. The summed E-state index contributed by atoms with van der Waals surface area (Å²) in [5.74, 6) is 1.41. The van der Waals surface area contributed by atoms with Crippen LogP contribution in [0.5, 0.6) is 11.5 Å². The molecule has 25 heavy (non-hydrogen) atoms. The van der Waals surface area contributed by atoms with Crippen molar-refractivity contribution in [3.05, 3.63) is 29.8 Å². The van der Waals surface area contributed by atoms with Gasteiger partial charge < -0.3 is 19.1 Å². The summed E-state index contributed by atoms with van der Waals surface area (Å²) < 4.78 is 16.4. The van der Waals surface area contributed by atoms with E-state index >= 15 is 0 Å². The largest absolute Gasteiger partial charge is 0.497 e. The zero-order valence-electron chi connectivity index (χ0n) is 15.5. The highest BCUT2D eigenvalue weighted by Crippen LogP contribution is 2.25. The van der Waals surface area contributed by atoms with Gasteiger partial charge in [0, 0.05) is 37.4 Å². The minimum atomic E-state index is 0.00824. The highest BCUT2D eigenvalue weighted by Gasteiger charge is 2.19. The summed E-state index contributed by atoms with van der Waals surface area (Å²) in [6.07, 6.45) is 7.83. The van der Waals surface area contributed by atoms with Crippen LogP contribution < -0.4 is 9.47 Å². The smallest absolute Gasteiger partial charge is 0.246 e. The van der Waals surface area contributed by atoms with Crippen LogP contribution in [0.1, 0.15) is 38.2 Å². The second-order valence-corrected chi connectivity index (χ2v) is 6.21. The van der Waals surface area contributed by atoms with Gasteiger partial charge in [0.15, 0.2) is 0 Å². The minimum Gasteiger partial charge on any atom is -0.497 e. The van der Waals surface area contributed by atoms with E-state index in [4.69, 9.17) is 14.2 Å². The van der Waals surface area contributed by atoms with E-state index in [0.29, 0.717) is 12.3 Å². The Labute approximate surface area is 150 Å². The molecule has 0 aromatic heterocycles. The van der Waals surface area contributed by atoms with Crippen LogP contribution in [0.3, 0.4) is 0 Å². The number of hydrogen-bond acceptors (Lipinski definition) is 4. The molecule has 5 nitrogen and oxygen atoms in total. The minimum absolute atomic E-state index is 0.00824. The number of rotatable bonds is 8. The van der Waals surface area contributed by atoms with Crippen LogP contribution in [-0.2, 0) is 9.53 Å². The lowest BCUT2D eigenvalue weighted by molar-refractivity contribution is -0.128. The van der Waals surface area contributed by atoms with E-state index in [1.807, 2.05) is 23.1 Å². The van der Waals surface area contributed by atoms with Crippen molar-refractivity contribution < 1.29 is 19.0 Å². The predicted octanol–water partition coefficient (Wildman–Crippen LogP) is 3.52. The molecule has 138 valence electrons. The third-order valence-electron chi connectivity index (χ3n) is 4.35. The van der Waals surface area contributed by atoms with Crippen molar-refractivity contribution in [2.75, 3.05) is 33.9 Å². The SMILES string of the molecule is CCCN(CC1CCCCO1)C(=O)/C=C/c1ccc(OC)cc1OC. The van der Waals surface area contributed by atoms with Gasteiger partial charge in [-0.2, -0.15) is 0 Å². The van der Waals surface area contributed by atoms with Crippen molar-refractivity contribution in [2.24, 2.45) is 0 Å². The molecule has 2 rings (SSSR count). The van der Waals surface area contributed by atoms with Crippen LogP contribution in [0.2, 0.25) is 0 Å². The Kier molecular flexibility index (Phi) is 7.79. The van der Waals surface area contributed by atoms with Crippen LogP contribution in [0.15, 0.2) is 24.3 Å². The predicted molar refractivity (Wildman–Crippen MR) is 99.0 cm³/mol. The first-order valence-electron chi connectivity index (χ1n) is 8.98. The van der Waals surface area contributed by atoms with Crippen molar-refractivity contribution >= 4 is 12.0 Å². The van der Waals surface area contributed by atoms with Crippen molar-refractivity contribution in [2.45, 2.75) is 38.7 Å². The molecule has 1 unspecified atom stereocenters. The number of benzene rings is 1. The molecule has 1 aliphatic rings. The summed E-state index contributed by atoms with van der Waals surface area (Å²) >= 11 is 0. The number of hydrogen-bond donors (Lipinski definition) is 0. The zero-order valence-corrected chi connectivity index (χ0v) is 15.5. The number of amides is 1. The van der Waals surface area contributed by atoms with Crippen molar-refractivity contribution in [3.8, 4) is 11.5 Å². The third-order valence-corrected chi connectivity index (χ3v) is 4.35. The third kappa shape index (κ3) is 5.78. The molecule has 0 spiro atoms. The maximum absolute atomic E-state index is 12.6. The average molecular weight is 347 g/mol. The van der Waals surface area contributed by atoms with Crippen molar-refractivity contribution in [3.63, 3.8) is 0 Å². The van der Waals surface area contributed by atoms with E-state index < -0.39 is 0 Å². The quantitative estimate of drug-likeness (QED) is 0.675. The van der Waals surface area contributed by atoms with E-state index in [-0.39, 0.29) is 12.0 Å². The van der Waals surface area contributed by atoms with Crippen LogP contribution in [0, 0.1) is 0 Å². The van der Waals surface area contributed by atoms with E-state index in [2.05, 4.69) is 6.92 Å². The van der Waals surface area contributed by atoms with Crippen LogP contribution >= 0.6 is 0 Å². The Morgan fingerprint density at radius 2 is 2.16 bits per heavy atom. The van der Waals surface area contributed by atoms with Crippen molar-refractivity contribution in [1.29, 1.82) is 0 Å². The lowest BCUT2D eigenvalue weighted by Crippen LogP contribution is -2.39. The first-order valence-corrected chi connectivity index (χ1v) is 8.98. The molecular weight excluding hydrogens is 318 g/mol. The number of ether oxygens (including phenoxy) is 3. The summed E-state index contributed by atoms with van der Waals surface area (Å²) in [5.41, 5.74) is 0.849. The highest BCUT2D eigenvalue weighted by molar-refractivity contribution is 5.92. The molecule has 1 fully saturated rings. The van der Waals surface area contributed by atoms with Crippen LogP contribution in [0.4, 0.5) is 0 Å². The maximum Gasteiger partial charge on any atom is 0.246 e. The number of nitrogens with zero attached hydrogens (tertiary/aromatic N) is 1. The van der Waals surface area contributed by atoms with Crippen LogP contribution in [0.25, 0.3) is 6.08 Å². The molecule has 1 atom stereocenters. The fraction of sp³-hybridized carbons (Fsp3) is 0.550. The maximum atomic E-state index is 12.6. The Morgan fingerprint density at radius 3 is 2.80 bits per heavy atom. The number of carbonyl (C=O) groups is 1. The monoisotopic (exact) mass is 347 g/mol. The molecule has 0 N–H and O–H groups in total. The summed E-state index contributed by atoms with van der Waals surface area (Å²) in [6.45, 7) is 4.29. The number of methoxy groups -OCH3 is 2. The van der Waals surface area contributed by atoms with Crippen molar-refractivity contribution in [1.82, 2.24) is 4.90 Å². The molecule has 1 aromatic carbocycles. The number of carbonyl (C=O) groups excluding carboxylic acids is 1. The average Bonchev–Trinajstić information content (AvgIpc) is 2.66. The van der Waals surface area contributed by atoms with Gasteiger partial charge in [-0.15, -0.1) is 0 Å².